The molecule has 0 fully saturated rings. The standard InChI is InChI=1S/C17H14N6O3/c24-15(10-23-12-3-1-2-4-13(12)26-17(23)25)19-9-14-20-16(22-21-14)11-5-7-18-8-6-11/h1-8H,9-10H2,(H,19,24)(H,20,21,22). The molecule has 4 aromatic rings. The van der Waals surface area contributed by atoms with Crippen LogP contribution in [0.2, 0.25) is 0 Å². The molecular formula is C17H14N6O3. The zero-order chi connectivity index (χ0) is 17.9. The number of rotatable bonds is 5. The summed E-state index contributed by atoms with van der Waals surface area (Å²) in [6, 6.07) is 10.5. The van der Waals surface area contributed by atoms with E-state index >= 15 is 0 Å². The smallest absolute Gasteiger partial charge is 0.408 e. The Bertz CT molecular complexity index is 1110. The normalized spacial score (nSPS) is 10.9. The van der Waals surface area contributed by atoms with Gasteiger partial charge in [-0.05, 0) is 24.3 Å². The van der Waals surface area contributed by atoms with Gasteiger partial charge in [0.25, 0.3) is 0 Å². The van der Waals surface area contributed by atoms with Crippen LogP contribution in [0.1, 0.15) is 5.82 Å². The summed E-state index contributed by atoms with van der Waals surface area (Å²) in [5, 5.41) is 9.59. The number of nitrogens with zero attached hydrogens (tertiary/aromatic N) is 4. The average molecular weight is 350 g/mol. The number of aromatic amines is 1. The average Bonchev–Trinajstić information content (AvgIpc) is 3.26. The van der Waals surface area contributed by atoms with E-state index in [1.54, 1.807) is 48.8 Å². The maximum absolute atomic E-state index is 12.2. The van der Waals surface area contributed by atoms with Gasteiger partial charge < -0.3 is 9.73 Å². The summed E-state index contributed by atoms with van der Waals surface area (Å²) in [7, 11) is 0. The largest absolute Gasteiger partial charge is 0.420 e. The molecule has 0 unspecified atom stereocenters. The van der Waals surface area contributed by atoms with Gasteiger partial charge in [-0.3, -0.25) is 19.4 Å². The third-order valence-corrected chi connectivity index (χ3v) is 3.80. The van der Waals surface area contributed by atoms with Gasteiger partial charge in [0.15, 0.2) is 11.4 Å². The van der Waals surface area contributed by atoms with Gasteiger partial charge in [0, 0.05) is 18.0 Å². The van der Waals surface area contributed by atoms with Crippen LogP contribution in [0.15, 0.2) is 58.0 Å². The summed E-state index contributed by atoms with van der Waals surface area (Å²) in [6.45, 7) is 0.0304. The van der Waals surface area contributed by atoms with Gasteiger partial charge in [-0.2, -0.15) is 5.10 Å². The first-order chi connectivity index (χ1) is 12.7. The van der Waals surface area contributed by atoms with Crippen molar-refractivity contribution in [2.24, 2.45) is 0 Å². The molecule has 0 aliphatic heterocycles. The summed E-state index contributed by atoms with van der Waals surface area (Å²) in [5.74, 6) is 0.129. The van der Waals surface area contributed by atoms with Crippen LogP contribution >= 0.6 is 0 Å². The molecule has 1 aromatic carbocycles. The van der Waals surface area contributed by atoms with Crippen molar-refractivity contribution in [3.05, 3.63) is 65.2 Å². The Balaban J connectivity index is 1.42. The fraction of sp³-hybridized carbons (Fsp3) is 0.118. The van der Waals surface area contributed by atoms with Crippen LogP contribution in [0.4, 0.5) is 0 Å². The molecule has 130 valence electrons. The first-order valence-corrected chi connectivity index (χ1v) is 7.87. The third-order valence-electron chi connectivity index (χ3n) is 3.80. The maximum atomic E-state index is 12.2. The van der Waals surface area contributed by atoms with Crippen LogP contribution in [0.5, 0.6) is 0 Å². The molecule has 0 aliphatic rings. The highest BCUT2D eigenvalue weighted by atomic mass is 16.4. The van der Waals surface area contributed by atoms with E-state index in [1.807, 2.05) is 0 Å². The first kappa shape index (κ1) is 15.8. The molecular weight excluding hydrogens is 336 g/mol. The molecule has 4 rings (SSSR count). The van der Waals surface area contributed by atoms with Crippen LogP contribution < -0.4 is 11.1 Å². The molecule has 9 heteroatoms. The highest BCUT2D eigenvalue weighted by Crippen LogP contribution is 2.13. The minimum Gasteiger partial charge on any atom is -0.408 e. The Morgan fingerprint density at radius 2 is 2.00 bits per heavy atom. The molecule has 0 aliphatic carbocycles. The van der Waals surface area contributed by atoms with Crippen LogP contribution in [0.25, 0.3) is 22.5 Å². The van der Waals surface area contributed by atoms with Crippen molar-refractivity contribution in [2.45, 2.75) is 13.1 Å². The Morgan fingerprint density at radius 3 is 2.85 bits per heavy atom. The van der Waals surface area contributed by atoms with Gasteiger partial charge in [0.2, 0.25) is 5.91 Å². The second kappa shape index (κ2) is 6.63. The maximum Gasteiger partial charge on any atom is 0.420 e. The molecule has 0 atom stereocenters. The van der Waals surface area contributed by atoms with Gasteiger partial charge in [-0.1, -0.05) is 12.1 Å². The van der Waals surface area contributed by atoms with E-state index in [4.69, 9.17) is 4.42 Å². The van der Waals surface area contributed by atoms with Crippen molar-refractivity contribution in [1.29, 1.82) is 0 Å². The number of H-pyrrole nitrogens is 1. The minimum absolute atomic E-state index is 0.138. The molecule has 26 heavy (non-hydrogen) atoms. The number of carbonyl (C=O) groups excluding carboxylic acids is 1. The van der Waals surface area contributed by atoms with E-state index in [2.05, 4.69) is 25.5 Å². The van der Waals surface area contributed by atoms with Gasteiger partial charge >= 0.3 is 5.76 Å². The number of amides is 1. The van der Waals surface area contributed by atoms with Crippen LogP contribution in [0, 0.1) is 0 Å². The molecule has 3 aromatic heterocycles. The fourth-order valence-corrected chi connectivity index (χ4v) is 2.55. The van der Waals surface area contributed by atoms with Crippen LogP contribution in [-0.2, 0) is 17.9 Å². The molecule has 1 amide bonds. The molecule has 0 radical (unpaired) electrons. The van der Waals surface area contributed by atoms with Crippen molar-refractivity contribution in [3.8, 4) is 11.4 Å². The summed E-state index contributed by atoms with van der Waals surface area (Å²) in [5.41, 5.74) is 1.85. The van der Waals surface area contributed by atoms with Crippen LogP contribution in [-0.4, -0.2) is 30.6 Å². The van der Waals surface area contributed by atoms with Crippen molar-refractivity contribution in [3.63, 3.8) is 0 Å². The van der Waals surface area contributed by atoms with E-state index in [0.717, 1.165) is 5.56 Å². The third kappa shape index (κ3) is 3.09. The lowest BCUT2D eigenvalue weighted by Crippen LogP contribution is -2.30. The molecule has 0 saturated carbocycles. The van der Waals surface area contributed by atoms with Gasteiger partial charge in [0.05, 0.1) is 12.1 Å². The number of fused-ring (bicyclic) bond motifs is 1. The van der Waals surface area contributed by atoms with E-state index in [-0.39, 0.29) is 19.0 Å². The lowest BCUT2D eigenvalue weighted by molar-refractivity contribution is -0.121. The number of para-hydroxylation sites is 2. The Hall–Kier alpha value is -3.75. The minimum atomic E-state index is -0.569. The predicted octanol–water partition coefficient (Wildman–Crippen LogP) is 1.09. The first-order valence-electron chi connectivity index (χ1n) is 7.87. The summed E-state index contributed by atoms with van der Waals surface area (Å²) < 4.78 is 6.39. The van der Waals surface area contributed by atoms with Crippen molar-refractivity contribution < 1.29 is 9.21 Å². The number of pyridine rings is 1. The molecule has 3 heterocycles. The molecule has 0 bridgehead atoms. The number of hydrogen-bond donors (Lipinski definition) is 2. The number of aromatic nitrogens is 5. The zero-order valence-electron chi connectivity index (χ0n) is 13.5. The summed E-state index contributed by atoms with van der Waals surface area (Å²) in [4.78, 5) is 32.3. The van der Waals surface area contributed by atoms with Crippen molar-refractivity contribution in [2.75, 3.05) is 0 Å². The number of carbonyl (C=O) groups is 1. The molecule has 9 nitrogen and oxygen atoms in total. The summed E-state index contributed by atoms with van der Waals surface area (Å²) >= 11 is 0. The Morgan fingerprint density at radius 1 is 1.19 bits per heavy atom. The van der Waals surface area contributed by atoms with Gasteiger partial charge in [-0.25, -0.2) is 9.78 Å². The lowest BCUT2D eigenvalue weighted by atomic mass is 10.2. The Labute approximate surface area is 146 Å². The van der Waals surface area contributed by atoms with E-state index in [9.17, 15) is 9.59 Å². The zero-order valence-corrected chi connectivity index (χ0v) is 13.5. The predicted molar refractivity (Wildman–Crippen MR) is 91.9 cm³/mol. The van der Waals surface area contributed by atoms with E-state index < -0.39 is 5.76 Å². The fourth-order valence-electron chi connectivity index (χ4n) is 2.55. The number of benzene rings is 1. The Kier molecular flexibility index (Phi) is 4.02. The van der Waals surface area contributed by atoms with E-state index in [0.29, 0.717) is 22.7 Å². The van der Waals surface area contributed by atoms with Gasteiger partial charge in [-0.15, -0.1) is 0 Å². The quantitative estimate of drug-likeness (QED) is 0.556. The number of nitrogens with one attached hydrogen (secondary N) is 2. The number of hydrogen-bond acceptors (Lipinski definition) is 6. The molecule has 0 spiro atoms. The molecule has 0 saturated heterocycles. The topological polar surface area (TPSA) is 119 Å². The van der Waals surface area contributed by atoms with E-state index in [1.165, 1.54) is 4.57 Å². The molecule has 2 N–H and O–H groups in total. The highest BCUT2D eigenvalue weighted by Gasteiger charge is 2.13. The second-order valence-corrected chi connectivity index (χ2v) is 5.54. The SMILES string of the molecule is O=C(Cn1c(=O)oc2ccccc21)NCc1nc(-c2ccncc2)n[nH]1. The second-order valence-electron chi connectivity index (χ2n) is 5.54. The van der Waals surface area contributed by atoms with Crippen molar-refractivity contribution in [1.82, 2.24) is 30.0 Å². The van der Waals surface area contributed by atoms with Crippen molar-refractivity contribution >= 4 is 17.0 Å². The number of oxazole rings is 1. The van der Waals surface area contributed by atoms with Gasteiger partial charge in [0.1, 0.15) is 12.4 Å². The van der Waals surface area contributed by atoms with Crippen LogP contribution in [0.3, 0.4) is 0 Å². The lowest BCUT2D eigenvalue weighted by Gasteiger charge is -2.03. The monoisotopic (exact) mass is 350 g/mol. The highest BCUT2D eigenvalue weighted by molar-refractivity contribution is 5.79. The summed E-state index contributed by atoms with van der Waals surface area (Å²) in [6.07, 6.45) is 3.31.